The average Bonchev–Trinajstić information content (AvgIpc) is 2.42. The lowest BCUT2D eigenvalue weighted by molar-refractivity contribution is -0.140. The second kappa shape index (κ2) is 10.8. The quantitative estimate of drug-likeness (QED) is 0.154. The van der Waals surface area contributed by atoms with Crippen LogP contribution in [0, 0.1) is 0 Å². The van der Waals surface area contributed by atoms with E-state index < -0.39 is 33.5 Å². The maximum Gasteiger partial charge on any atom is 0.329 e. The molecule has 0 aromatic heterocycles. The summed E-state index contributed by atoms with van der Waals surface area (Å²) < 4.78 is 1.49. The predicted molar refractivity (Wildman–Crippen MR) is 106 cm³/mol. The molecule has 24 heavy (non-hydrogen) atoms. The molecule has 0 spiro atoms. The first-order chi connectivity index (χ1) is 11.0. The first kappa shape index (κ1) is 23.9. The highest BCUT2D eigenvalue weighted by Gasteiger charge is 2.39. The van der Waals surface area contributed by atoms with E-state index in [0.717, 1.165) is 11.0 Å². The highest BCUT2D eigenvalue weighted by molar-refractivity contribution is 8.77. The summed E-state index contributed by atoms with van der Waals surface area (Å²) in [6, 6.07) is -1.86. The number of aliphatic hydroxyl groups is 1. The van der Waals surface area contributed by atoms with Crippen LogP contribution in [-0.2, 0) is 9.59 Å². The second-order valence-electron chi connectivity index (χ2n) is 5.81. The molecule has 0 aliphatic heterocycles. The molecule has 4 N–H and O–H groups in total. The van der Waals surface area contributed by atoms with Crippen molar-refractivity contribution in [1.82, 2.24) is 4.72 Å². The fourth-order valence-corrected chi connectivity index (χ4v) is 6.43. The van der Waals surface area contributed by atoms with Gasteiger partial charge in [-0.1, -0.05) is 32.4 Å². The number of nitrogens with zero attached hydrogens (tertiary/aromatic N) is 1. The van der Waals surface area contributed by atoms with Crippen molar-refractivity contribution < 1.29 is 24.9 Å². The Morgan fingerprint density at radius 1 is 1.12 bits per heavy atom. The van der Waals surface area contributed by atoms with Crippen molar-refractivity contribution in [3.63, 3.8) is 0 Å². The zero-order valence-corrected chi connectivity index (χ0v) is 17.3. The molecule has 0 saturated heterocycles. The lowest BCUT2D eigenvalue weighted by Gasteiger charge is -2.32. The van der Waals surface area contributed by atoms with Gasteiger partial charge in [-0.15, -0.1) is 0 Å². The van der Waals surface area contributed by atoms with E-state index >= 15 is 0 Å². The van der Waals surface area contributed by atoms with E-state index in [9.17, 15) is 14.7 Å². The number of aliphatic hydroxyl groups excluding tert-OH is 1. The van der Waals surface area contributed by atoms with Crippen LogP contribution in [0.2, 0.25) is 0 Å². The molecule has 140 valence electrons. The monoisotopic (exact) mass is 416 g/mol. The van der Waals surface area contributed by atoms with E-state index in [1.807, 2.05) is 0 Å². The van der Waals surface area contributed by atoms with Crippen molar-refractivity contribution in [2.45, 2.75) is 49.3 Å². The number of nitrogens with one attached hydrogen (secondary N) is 1. The Morgan fingerprint density at radius 2 is 1.71 bits per heavy atom. The summed E-state index contributed by atoms with van der Waals surface area (Å²) >= 11 is 0. The van der Waals surface area contributed by atoms with Crippen LogP contribution in [0.15, 0.2) is 4.99 Å². The highest BCUT2D eigenvalue weighted by Crippen LogP contribution is 2.42. The van der Waals surface area contributed by atoms with Crippen LogP contribution in [0.3, 0.4) is 0 Å². The molecule has 11 heteroatoms. The van der Waals surface area contributed by atoms with Crippen molar-refractivity contribution in [3.05, 3.63) is 0 Å². The summed E-state index contributed by atoms with van der Waals surface area (Å²) in [7, 11) is 5.07. The third-order valence-corrected chi connectivity index (χ3v) is 9.06. The first-order valence-electron chi connectivity index (χ1n) is 6.92. The van der Waals surface area contributed by atoms with Crippen LogP contribution in [-0.4, -0.2) is 67.9 Å². The Hall–Kier alpha value is -0.0700. The molecule has 0 aromatic carbocycles. The molecule has 0 aliphatic rings. The minimum atomic E-state index is -1.07. The molecule has 0 aromatic rings. The topological polar surface area (TPSA) is 119 Å². The lowest BCUT2D eigenvalue weighted by Crippen LogP contribution is -2.47. The summed E-state index contributed by atoms with van der Waals surface area (Å²) in [5.41, 5.74) is 0. The maximum atomic E-state index is 11.6. The minimum Gasteiger partial charge on any atom is -0.480 e. The van der Waals surface area contributed by atoms with E-state index in [1.165, 1.54) is 32.4 Å². The van der Waals surface area contributed by atoms with Gasteiger partial charge >= 0.3 is 11.9 Å². The molecule has 0 radical (unpaired) electrons. The van der Waals surface area contributed by atoms with E-state index in [-0.39, 0.29) is 6.61 Å². The molecule has 0 fully saturated rings. The highest BCUT2D eigenvalue weighted by atomic mass is 33.1. The zero-order chi connectivity index (χ0) is 19.0. The molecular weight excluding hydrogens is 392 g/mol. The van der Waals surface area contributed by atoms with Crippen LogP contribution in [0.5, 0.6) is 0 Å². The number of aliphatic imine (C=N–C) groups is 1. The molecule has 0 heterocycles. The third kappa shape index (κ3) is 7.87. The number of hydrogen-bond acceptors (Lipinski definition) is 9. The molecule has 0 aliphatic carbocycles. The molecule has 0 saturated carbocycles. The third-order valence-electron chi connectivity index (χ3n) is 2.89. The van der Waals surface area contributed by atoms with Crippen molar-refractivity contribution in [3.8, 4) is 0 Å². The number of rotatable bonds is 13. The smallest absolute Gasteiger partial charge is 0.329 e. The van der Waals surface area contributed by atoms with Gasteiger partial charge in [-0.2, -0.15) is 0 Å². The average molecular weight is 417 g/mol. The first-order valence-corrected chi connectivity index (χ1v) is 11.4. The van der Waals surface area contributed by atoms with Gasteiger partial charge in [0.2, 0.25) is 0 Å². The van der Waals surface area contributed by atoms with Gasteiger partial charge in [0.25, 0.3) is 0 Å². The van der Waals surface area contributed by atoms with Crippen molar-refractivity contribution >= 4 is 62.0 Å². The van der Waals surface area contributed by atoms with E-state index in [0.29, 0.717) is 5.75 Å². The molecular formula is C13H24N2O5S4. The van der Waals surface area contributed by atoms with Crippen molar-refractivity contribution in [2.24, 2.45) is 4.99 Å². The summed E-state index contributed by atoms with van der Waals surface area (Å²) in [4.78, 5) is 26.4. The largest absolute Gasteiger partial charge is 0.480 e. The Kier molecular flexibility index (Phi) is 10.8. The van der Waals surface area contributed by atoms with Gasteiger partial charge in [-0.25, -0.2) is 9.52 Å². The van der Waals surface area contributed by atoms with Crippen LogP contribution in [0.25, 0.3) is 0 Å². The molecule has 7 nitrogen and oxygen atoms in total. The second-order valence-corrected chi connectivity index (χ2v) is 11.5. The SMILES string of the molecule is C=NC(C(=O)O)C(C)(C)SSNC(C(=O)O)C(C)(C)SSCCO. The lowest BCUT2D eigenvalue weighted by atomic mass is 10.0. The normalized spacial score (nSPS) is 14.9. The van der Waals surface area contributed by atoms with Crippen LogP contribution in [0.1, 0.15) is 27.7 Å². The summed E-state index contributed by atoms with van der Waals surface area (Å²) in [6.07, 6.45) is 0. The summed E-state index contributed by atoms with van der Waals surface area (Å²) in [5.74, 6) is -1.56. The number of aliphatic carboxylic acids is 2. The minimum absolute atomic E-state index is 0.0306. The molecule has 2 unspecified atom stereocenters. The van der Waals surface area contributed by atoms with Crippen LogP contribution in [0.4, 0.5) is 0 Å². The van der Waals surface area contributed by atoms with E-state index in [1.54, 1.807) is 27.7 Å². The maximum absolute atomic E-state index is 11.6. The van der Waals surface area contributed by atoms with Crippen molar-refractivity contribution in [2.75, 3.05) is 12.4 Å². The summed E-state index contributed by atoms with van der Waals surface area (Å²) in [6.45, 7) is 10.4. The Balaban J connectivity index is 4.78. The number of carbonyl (C=O) groups is 2. The Bertz CT molecular complexity index is 448. The summed E-state index contributed by atoms with van der Waals surface area (Å²) in [5, 5.41) is 27.4. The van der Waals surface area contributed by atoms with Crippen molar-refractivity contribution in [1.29, 1.82) is 0 Å². The van der Waals surface area contributed by atoms with E-state index in [4.69, 9.17) is 10.2 Å². The standard InChI is InChI=1S/C13H24N2O5S4/c1-12(2,8(14-5)10(17)18)23-24-15-9(11(19)20)13(3,4)22-21-7-6-16/h8-9,15-16H,5-7H2,1-4H3,(H,17,18)(H,19,20). The molecule has 2 atom stereocenters. The Labute approximate surface area is 158 Å². The Morgan fingerprint density at radius 3 is 2.12 bits per heavy atom. The van der Waals surface area contributed by atoms with Crippen LogP contribution < -0.4 is 4.72 Å². The van der Waals surface area contributed by atoms with Gasteiger partial charge in [-0.3, -0.25) is 9.79 Å². The zero-order valence-electron chi connectivity index (χ0n) is 14.0. The number of carboxylic acids is 2. The molecule has 0 amide bonds. The number of hydrogen-bond donors (Lipinski definition) is 4. The fraction of sp³-hybridized carbons (Fsp3) is 0.769. The van der Waals surface area contributed by atoms with Gasteiger partial charge in [0.15, 0.2) is 6.04 Å². The van der Waals surface area contributed by atoms with Gasteiger partial charge in [-0.05, 0) is 45.4 Å². The molecule has 0 rings (SSSR count). The van der Waals surface area contributed by atoms with Crippen LogP contribution >= 0.6 is 43.4 Å². The van der Waals surface area contributed by atoms with Gasteiger partial charge in [0.1, 0.15) is 6.04 Å². The molecule has 0 bridgehead atoms. The van der Waals surface area contributed by atoms with Gasteiger partial charge < -0.3 is 15.3 Å². The predicted octanol–water partition coefficient (Wildman–Crippen LogP) is 2.41. The number of carboxylic acid groups (broad SMARTS) is 2. The van der Waals surface area contributed by atoms with E-state index in [2.05, 4.69) is 16.4 Å². The fourth-order valence-electron chi connectivity index (χ4n) is 1.59. The van der Waals surface area contributed by atoms with Gasteiger partial charge in [0.05, 0.1) is 11.4 Å². The van der Waals surface area contributed by atoms with Gasteiger partial charge in [0, 0.05) is 10.5 Å².